The molecule has 3 rings (SSSR count). The first-order valence-corrected chi connectivity index (χ1v) is 10.6. The van der Waals surface area contributed by atoms with Gasteiger partial charge in [0.2, 0.25) is 5.13 Å². The lowest BCUT2D eigenvalue weighted by Gasteiger charge is -2.22. The van der Waals surface area contributed by atoms with Gasteiger partial charge in [-0.3, -0.25) is 4.79 Å². The molecule has 8 heteroatoms. The number of nitrogens with zero attached hydrogens (tertiary/aromatic N) is 4. The summed E-state index contributed by atoms with van der Waals surface area (Å²) in [5.41, 5.74) is 1.44. The molecule has 0 N–H and O–H groups in total. The number of amides is 3. The van der Waals surface area contributed by atoms with Crippen LogP contribution >= 0.6 is 22.9 Å². The maximum Gasteiger partial charge on any atom is 0.334 e. The van der Waals surface area contributed by atoms with Gasteiger partial charge in [-0.2, -0.15) is 0 Å². The van der Waals surface area contributed by atoms with Gasteiger partial charge in [-0.1, -0.05) is 69.2 Å². The van der Waals surface area contributed by atoms with E-state index in [1.54, 1.807) is 11.0 Å². The monoisotopic (exact) mass is 420 g/mol. The molecule has 1 saturated heterocycles. The molecule has 1 aromatic heterocycles. The third-order valence-electron chi connectivity index (χ3n) is 4.70. The quantitative estimate of drug-likeness (QED) is 0.630. The number of hydrogen-bond acceptors (Lipinski definition) is 5. The fraction of sp³-hybridized carbons (Fsp3) is 0.500. The first-order chi connectivity index (χ1) is 13.1. The van der Waals surface area contributed by atoms with Crippen LogP contribution in [-0.2, 0) is 10.2 Å². The molecule has 1 aliphatic rings. The Bertz CT molecular complexity index is 906. The Morgan fingerprint density at radius 3 is 2.50 bits per heavy atom. The molecule has 1 atom stereocenters. The van der Waals surface area contributed by atoms with Crippen LogP contribution in [0.4, 0.5) is 9.93 Å². The van der Waals surface area contributed by atoms with Gasteiger partial charge in [-0.15, -0.1) is 10.2 Å². The molecule has 0 spiro atoms. The first-order valence-electron chi connectivity index (χ1n) is 9.39. The smallest absolute Gasteiger partial charge is 0.308 e. The number of hydrogen-bond donors (Lipinski definition) is 0. The van der Waals surface area contributed by atoms with Gasteiger partial charge in [0.05, 0.1) is 0 Å². The van der Waals surface area contributed by atoms with Crippen molar-refractivity contribution in [2.75, 3.05) is 11.4 Å². The van der Waals surface area contributed by atoms with Crippen LogP contribution in [0.1, 0.15) is 62.7 Å². The number of carbonyl (C=O) groups is 2. The fourth-order valence-electron chi connectivity index (χ4n) is 3.09. The van der Waals surface area contributed by atoms with Crippen LogP contribution in [-0.4, -0.2) is 33.6 Å². The van der Waals surface area contributed by atoms with E-state index in [1.165, 1.54) is 16.2 Å². The highest BCUT2D eigenvalue weighted by molar-refractivity contribution is 7.15. The van der Waals surface area contributed by atoms with Crippen LogP contribution < -0.4 is 4.90 Å². The molecule has 0 saturated carbocycles. The van der Waals surface area contributed by atoms with Crippen LogP contribution in [0.15, 0.2) is 18.2 Å². The van der Waals surface area contributed by atoms with Gasteiger partial charge >= 0.3 is 6.03 Å². The highest BCUT2D eigenvalue weighted by Gasteiger charge is 2.48. The predicted octanol–water partition coefficient (Wildman–Crippen LogP) is 5.11. The van der Waals surface area contributed by atoms with Crippen molar-refractivity contribution in [2.24, 2.45) is 0 Å². The molecular formula is C20H25ClN4O2S. The summed E-state index contributed by atoms with van der Waals surface area (Å²) in [6.45, 7) is 10.5. The topological polar surface area (TPSA) is 66.4 Å². The summed E-state index contributed by atoms with van der Waals surface area (Å²) in [6, 6.07) is 4.45. The highest BCUT2D eigenvalue weighted by atomic mass is 35.5. The third kappa shape index (κ3) is 3.78. The normalized spacial score (nSPS) is 17.7. The van der Waals surface area contributed by atoms with Gasteiger partial charge in [-0.05, 0) is 30.5 Å². The second kappa shape index (κ2) is 7.79. The van der Waals surface area contributed by atoms with Crippen LogP contribution in [0.2, 0.25) is 5.02 Å². The van der Waals surface area contributed by atoms with Gasteiger partial charge in [0.25, 0.3) is 5.91 Å². The number of urea groups is 1. The minimum Gasteiger partial charge on any atom is -0.308 e. The standard InChI is InChI=1S/C20H25ClN4O2S/c1-6-7-10-24-15(13-8-9-14(21)12(2)11-13)16(26)25(19(24)27)18-23-22-17(28-18)20(3,4)5/h8-9,11,15H,6-7,10H2,1-5H3. The summed E-state index contributed by atoms with van der Waals surface area (Å²) in [4.78, 5) is 29.3. The molecule has 1 aliphatic heterocycles. The lowest BCUT2D eigenvalue weighted by molar-refractivity contribution is -0.119. The number of rotatable bonds is 5. The molecule has 1 unspecified atom stereocenters. The summed E-state index contributed by atoms with van der Waals surface area (Å²) in [7, 11) is 0. The number of carbonyl (C=O) groups excluding carboxylic acids is 2. The van der Waals surface area contributed by atoms with Crippen molar-refractivity contribution < 1.29 is 9.59 Å². The average molecular weight is 421 g/mol. The zero-order chi connectivity index (χ0) is 20.6. The van der Waals surface area contributed by atoms with Crippen LogP contribution in [0, 0.1) is 6.92 Å². The van der Waals surface area contributed by atoms with Gasteiger partial charge in [0, 0.05) is 17.0 Å². The van der Waals surface area contributed by atoms with Crippen molar-refractivity contribution in [3.05, 3.63) is 39.4 Å². The molecule has 6 nitrogen and oxygen atoms in total. The second-order valence-electron chi connectivity index (χ2n) is 8.05. The fourth-order valence-corrected chi connectivity index (χ4v) is 4.11. The summed E-state index contributed by atoms with van der Waals surface area (Å²) in [6.07, 6.45) is 1.75. The van der Waals surface area contributed by atoms with E-state index in [-0.39, 0.29) is 17.4 Å². The van der Waals surface area contributed by atoms with Crippen molar-refractivity contribution >= 4 is 40.0 Å². The lowest BCUT2D eigenvalue weighted by Crippen LogP contribution is -2.33. The number of unbranched alkanes of at least 4 members (excludes halogenated alkanes) is 1. The Morgan fingerprint density at radius 2 is 1.93 bits per heavy atom. The van der Waals surface area contributed by atoms with Crippen molar-refractivity contribution in [1.29, 1.82) is 0 Å². The number of benzene rings is 1. The van der Waals surface area contributed by atoms with E-state index in [2.05, 4.69) is 17.1 Å². The van der Waals surface area contributed by atoms with Gasteiger partial charge in [0.1, 0.15) is 11.0 Å². The summed E-state index contributed by atoms with van der Waals surface area (Å²) in [5, 5.41) is 10.1. The van der Waals surface area contributed by atoms with Crippen molar-refractivity contribution in [2.45, 2.75) is 58.9 Å². The molecule has 0 bridgehead atoms. The third-order valence-corrected chi connectivity index (χ3v) is 6.46. The lowest BCUT2D eigenvalue weighted by atomic mass is 9.98. The Morgan fingerprint density at radius 1 is 1.21 bits per heavy atom. The molecule has 1 fully saturated rings. The average Bonchev–Trinajstić information content (AvgIpc) is 3.19. The Kier molecular flexibility index (Phi) is 5.77. The molecular weight excluding hydrogens is 396 g/mol. The maximum absolute atomic E-state index is 13.3. The van der Waals surface area contributed by atoms with E-state index in [0.717, 1.165) is 29.0 Å². The van der Waals surface area contributed by atoms with E-state index in [1.807, 2.05) is 39.8 Å². The van der Waals surface area contributed by atoms with E-state index in [0.29, 0.717) is 16.7 Å². The van der Waals surface area contributed by atoms with Crippen LogP contribution in [0.3, 0.4) is 0 Å². The summed E-state index contributed by atoms with van der Waals surface area (Å²) >= 11 is 7.44. The number of aryl methyl sites for hydroxylation is 1. The minimum absolute atomic E-state index is 0.198. The SMILES string of the molecule is CCCCN1C(=O)N(c2nnc(C(C)(C)C)s2)C(=O)C1c1ccc(Cl)c(C)c1. The highest BCUT2D eigenvalue weighted by Crippen LogP contribution is 2.38. The van der Waals surface area contributed by atoms with Crippen molar-refractivity contribution in [3.63, 3.8) is 0 Å². The van der Waals surface area contributed by atoms with Crippen LogP contribution in [0.25, 0.3) is 0 Å². The first kappa shape index (κ1) is 20.7. The Hall–Kier alpha value is -1.99. The molecule has 150 valence electrons. The number of aromatic nitrogens is 2. The van der Waals surface area contributed by atoms with E-state index < -0.39 is 6.04 Å². The summed E-state index contributed by atoms with van der Waals surface area (Å²) < 4.78 is 0. The van der Waals surface area contributed by atoms with Gasteiger partial charge in [0.15, 0.2) is 0 Å². The van der Waals surface area contributed by atoms with Gasteiger partial charge < -0.3 is 4.90 Å². The molecule has 2 aromatic rings. The van der Waals surface area contributed by atoms with Crippen molar-refractivity contribution in [3.8, 4) is 0 Å². The molecule has 3 amide bonds. The van der Waals surface area contributed by atoms with Crippen molar-refractivity contribution in [1.82, 2.24) is 15.1 Å². The van der Waals surface area contributed by atoms with E-state index >= 15 is 0 Å². The van der Waals surface area contributed by atoms with Crippen LogP contribution in [0.5, 0.6) is 0 Å². The minimum atomic E-state index is -0.669. The molecule has 0 aliphatic carbocycles. The number of anilines is 1. The molecule has 0 radical (unpaired) electrons. The molecule has 1 aromatic carbocycles. The molecule has 2 heterocycles. The van der Waals surface area contributed by atoms with E-state index in [9.17, 15) is 9.59 Å². The zero-order valence-electron chi connectivity index (χ0n) is 16.8. The second-order valence-corrected chi connectivity index (χ2v) is 9.42. The predicted molar refractivity (Wildman–Crippen MR) is 112 cm³/mol. The largest absolute Gasteiger partial charge is 0.334 e. The number of imide groups is 1. The maximum atomic E-state index is 13.3. The molecule has 28 heavy (non-hydrogen) atoms. The zero-order valence-corrected chi connectivity index (χ0v) is 18.4. The Balaban J connectivity index is 2.01. The van der Waals surface area contributed by atoms with E-state index in [4.69, 9.17) is 11.6 Å². The number of halogens is 1. The van der Waals surface area contributed by atoms with Gasteiger partial charge in [-0.25, -0.2) is 9.69 Å². The summed E-state index contributed by atoms with van der Waals surface area (Å²) in [5.74, 6) is -0.292. The Labute approximate surface area is 174 Å².